The van der Waals surface area contributed by atoms with Gasteiger partial charge in [-0.2, -0.15) is 0 Å². The minimum absolute atomic E-state index is 0.0818. The van der Waals surface area contributed by atoms with Crippen molar-refractivity contribution in [1.82, 2.24) is 5.32 Å². The van der Waals surface area contributed by atoms with Gasteiger partial charge in [0.2, 0.25) is 5.67 Å². The molecule has 0 aliphatic carbocycles. The molecule has 114 valence electrons. The molecule has 4 N–H and O–H groups in total. The van der Waals surface area contributed by atoms with Crippen molar-refractivity contribution in [3.05, 3.63) is 71.8 Å². The van der Waals surface area contributed by atoms with Crippen LogP contribution in [0, 0.1) is 5.41 Å². The topological polar surface area (TPSA) is 79.0 Å². The van der Waals surface area contributed by atoms with E-state index in [1.807, 2.05) is 6.07 Å². The molecule has 1 unspecified atom stereocenters. The van der Waals surface area contributed by atoms with Crippen LogP contribution in [0.15, 0.2) is 60.7 Å². The van der Waals surface area contributed by atoms with Gasteiger partial charge in [-0.05, 0) is 11.1 Å². The summed E-state index contributed by atoms with van der Waals surface area (Å²) in [5, 5.41) is 9.54. The molecule has 0 aliphatic heterocycles. The lowest BCUT2D eigenvalue weighted by atomic mass is 9.88. The minimum atomic E-state index is -2.21. The zero-order valence-corrected chi connectivity index (χ0v) is 12.1. The summed E-state index contributed by atoms with van der Waals surface area (Å²) in [6, 6.07) is 17.3. The maximum Gasteiger partial charge on any atom is 0.263 e. The van der Waals surface area contributed by atoms with E-state index in [0.29, 0.717) is 5.56 Å². The fourth-order valence-electron chi connectivity index (χ4n) is 2.21. The van der Waals surface area contributed by atoms with Gasteiger partial charge in [-0.1, -0.05) is 60.7 Å². The fraction of sp³-hybridized carbons (Fsp3) is 0.176. The highest BCUT2D eigenvalue weighted by molar-refractivity contribution is 5.90. The van der Waals surface area contributed by atoms with E-state index in [0.717, 1.165) is 0 Å². The number of amides is 1. The van der Waals surface area contributed by atoms with Crippen LogP contribution < -0.4 is 11.1 Å². The van der Waals surface area contributed by atoms with Crippen molar-refractivity contribution < 1.29 is 9.18 Å². The molecule has 0 bridgehead atoms. The van der Waals surface area contributed by atoms with Crippen molar-refractivity contribution in [3.63, 3.8) is 0 Å². The molecular weight excluding hydrogens is 281 g/mol. The van der Waals surface area contributed by atoms with Crippen LogP contribution in [0.5, 0.6) is 0 Å². The molecular formula is C17H18FN3O. The second kappa shape index (κ2) is 6.85. The molecule has 22 heavy (non-hydrogen) atoms. The highest BCUT2D eigenvalue weighted by Crippen LogP contribution is 2.30. The number of halogens is 1. The standard InChI is InChI=1S/C17H18FN3O/c18-17(14-9-5-2-6-10-14,16(22)21-12-15(19)20)11-13-7-3-1-4-8-13/h1-10H,11-12H2,(H3,19,20)(H,21,22). The van der Waals surface area contributed by atoms with Gasteiger partial charge in [0.1, 0.15) is 5.84 Å². The monoisotopic (exact) mass is 299 g/mol. The van der Waals surface area contributed by atoms with E-state index in [-0.39, 0.29) is 24.4 Å². The number of hydrogen-bond acceptors (Lipinski definition) is 2. The maximum absolute atomic E-state index is 15.5. The molecule has 0 radical (unpaired) electrons. The van der Waals surface area contributed by atoms with Crippen LogP contribution in [0.2, 0.25) is 0 Å². The lowest BCUT2D eigenvalue weighted by molar-refractivity contribution is -0.133. The molecule has 5 heteroatoms. The van der Waals surface area contributed by atoms with Gasteiger partial charge in [-0.3, -0.25) is 10.2 Å². The van der Waals surface area contributed by atoms with Crippen molar-refractivity contribution in [1.29, 1.82) is 5.41 Å². The lowest BCUT2D eigenvalue weighted by Crippen LogP contribution is -2.45. The number of benzene rings is 2. The third kappa shape index (κ3) is 3.69. The molecule has 2 rings (SSSR count). The Balaban J connectivity index is 2.32. The van der Waals surface area contributed by atoms with E-state index >= 15 is 4.39 Å². The second-order valence-corrected chi connectivity index (χ2v) is 5.04. The fourth-order valence-corrected chi connectivity index (χ4v) is 2.21. The van der Waals surface area contributed by atoms with Gasteiger partial charge in [0.15, 0.2) is 0 Å². The van der Waals surface area contributed by atoms with E-state index in [9.17, 15) is 4.79 Å². The summed E-state index contributed by atoms with van der Waals surface area (Å²) in [7, 11) is 0. The molecule has 0 aromatic heterocycles. The number of hydrogen-bond donors (Lipinski definition) is 3. The normalized spacial score (nSPS) is 13.1. The first kappa shape index (κ1) is 15.7. The van der Waals surface area contributed by atoms with Crippen LogP contribution in [0.25, 0.3) is 0 Å². The smallest absolute Gasteiger partial charge is 0.263 e. The molecule has 2 aromatic rings. The summed E-state index contributed by atoms with van der Waals surface area (Å²) in [5.41, 5.74) is 4.00. The van der Waals surface area contributed by atoms with Crippen LogP contribution in [0.3, 0.4) is 0 Å². The Labute approximate surface area is 128 Å². The quantitative estimate of drug-likeness (QED) is 0.564. The zero-order chi connectivity index (χ0) is 16.0. The van der Waals surface area contributed by atoms with Crippen LogP contribution >= 0.6 is 0 Å². The van der Waals surface area contributed by atoms with Crippen molar-refractivity contribution in [2.24, 2.45) is 5.73 Å². The Morgan fingerprint density at radius 1 is 1.09 bits per heavy atom. The summed E-state index contributed by atoms with van der Waals surface area (Å²) >= 11 is 0. The second-order valence-electron chi connectivity index (χ2n) is 5.04. The first-order valence-corrected chi connectivity index (χ1v) is 6.92. The Hall–Kier alpha value is -2.69. The van der Waals surface area contributed by atoms with Crippen molar-refractivity contribution in [3.8, 4) is 0 Å². The lowest BCUT2D eigenvalue weighted by Gasteiger charge is -2.25. The number of nitrogens with two attached hydrogens (primary N) is 1. The van der Waals surface area contributed by atoms with Crippen LogP contribution in [-0.2, 0) is 16.9 Å². The number of rotatable bonds is 6. The zero-order valence-electron chi connectivity index (χ0n) is 12.1. The number of nitrogens with one attached hydrogen (secondary N) is 2. The predicted octanol–water partition coefficient (Wildman–Crippen LogP) is 2.15. The number of amidine groups is 1. The van der Waals surface area contributed by atoms with Crippen molar-refractivity contribution >= 4 is 11.7 Å². The number of carbonyl (C=O) groups excluding carboxylic acids is 1. The Bertz CT molecular complexity index is 645. The number of carbonyl (C=O) groups is 1. The molecule has 4 nitrogen and oxygen atoms in total. The van der Waals surface area contributed by atoms with E-state index in [2.05, 4.69) is 5.32 Å². The van der Waals surface area contributed by atoms with E-state index in [4.69, 9.17) is 11.1 Å². The molecule has 1 atom stereocenters. The molecule has 2 aromatic carbocycles. The number of alkyl halides is 1. The SMILES string of the molecule is N=C(N)CNC(=O)C(F)(Cc1ccccc1)c1ccccc1. The largest absolute Gasteiger partial charge is 0.386 e. The van der Waals surface area contributed by atoms with Gasteiger partial charge < -0.3 is 11.1 Å². The maximum atomic E-state index is 15.5. The van der Waals surface area contributed by atoms with Gasteiger partial charge in [-0.15, -0.1) is 0 Å². The molecule has 0 saturated heterocycles. The molecule has 0 saturated carbocycles. The summed E-state index contributed by atoms with van der Waals surface area (Å²) in [6.07, 6.45) is -0.0818. The summed E-state index contributed by atoms with van der Waals surface area (Å²) < 4.78 is 15.5. The highest BCUT2D eigenvalue weighted by Gasteiger charge is 2.40. The average molecular weight is 299 g/mol. The molecule has 1 amide bonds. The third-order valence-electron chi connectivity index (χ3n) is 3.32. The van der Waals surface area contributed by atoms with Gasteiger partial charge in [-0.25, -0.2) is 4.39 Å². The van der Waals surface area contributed by atoms with Crippen LogP contribution in [0.4, 0.5) is 4.39 Å². The molecule has 0 aliphatic rings. The van der Waals surface area contributed by atoms with Gasteiger partial charge in [0.25, 0.3) is 5.91 Å². The summed E-state index contributed by atoms with van der Waals surface area (Å²) in [4.78, 5) is 12.3. The Morgan fingerprint density at radius 3 is 2.18 bits per heavy atom. The van der Waals surface area contributed by atoms with E-state index < -0.39 is 11.6 Å². The molecule has 0 spiro atoms. The molecule has 0 fully saturated rings. The summed E-state index contributed by atoms with van der Waals surface area (Å²) in [5.74, 6) is -1.01. The summed E-state index contributed by atoms with van der Waals surface area (Å²) in [6.45, 7) is -0.174. The first-order chi connectivity index (χ1) is 10.5. The average Bonchev–Trinajstić information content (AvgIpc) is 2.54. The third-order valence-corrected chi connectivity index (χ3v) is 3.32. The highest BCUT2D eigenvalue weighted by atomic mass is 19.1. The minimum Gasteiger partial charge on any atom is -0.386 e. The van der Waals surface area contributed by atoms with Crippen LogP contribution in [0.1, 0.15) is 11.1 Å². The Morgan fingerprint density at radius 2 is 1.64 bits per heavy atom. The van der Waals surface area contributed by atoms with Gasteiger partial charge >= 0.3 is 0 Å². The van der Waals surface area contributed by atoms with Gasteiger partial charge in [0.05, 0.1) is 6.54 Å². The van der Waals surface area contributed by atoms with Crippen molar-refractivity contribution in [2.75, 3.05) is 6.54 Å². The molecule has 0 heterocycles. The first-order valence-electron chi connectivity index (χ1n) is 6.92. The van der Waals surface area contributed by atoms with Crippen LogP contribution in [-0.4, -0.2) is 18.3 Å². The van der Waals surface area contributed by atoms with E-state index in [1.165, 1.54) is 0 Å². The Kier molecular flexibility index (Phi) is 4.88. The van der Waals surface area contributed by atoms with Crippen molar-refractivity contribution in [2.45, 2.75) is 12.1 Å². The van der Waals surface area contributed by atoms with E-state index in [1.54, 1.807) is 54.6 Å². The predicted molar refractivity (Wildman–Crippen MR) is 84.3 cm³/mol. The van der Waals surface area contributed by atoms with Gasteiger partial charge in [0, 0.05) is 6.42 Å².